The number of hydrogen-bond acceptors (Lipinski definition) is 4. The summed E-state index contributed by atoms with van der Waals surface area (Å²) in [5.41, 5.74) is 3.45. The van der Waals surface area contributed by atoms with Crippen LogP contribution >= 0.6 is 0 Å². The highest BCUT2D eigenvalue weighted by Crippen LogP contribution is 2.20. The second kappa shape index (κ2) is 7.90. The summed E-state index contributed by atoms with van der Waals surface area (Å²) >= 11 is 0. The topological polar surface area (TPSA) is 46.9 Å². The maximum absolute atomic E-state index is 10.4. The lowest BCUT2D eigenvalue weighted by Gasteiger charge is -2.34. The van der Waals surface area contributed by atoms with Crippen molar-refractivity contribution >= 4 is 0 Å². The predicted molar refractivity (Wildman–Crippen MR) is 85.5 cm³/mol. The molecule has 2 rings (SSSR count). The van der Waals surface area contributed by atoms with Crippen molar-refractivity contribution in [2.75, 3.05) is 45.9 Å². The Bertz CT molecular complexity index is 422. The van der Waals surface area contributed by atoms with Crippen LogP contribution in [-0.2, 0) is 0 Å². The Morgan fingerprint density at radius 3 is 2.00 bits per heavy atom. The number of hydrogen-bond donors (Lipinski definition) is 2. The Morgan fingerprint density at radius 2 is 1.48 bits per heavy atom. The highest BCUT2D eigenvalue weighted by molar-refractivity contribution is 5.29. The van der Waals surface area contributed by atoms with Gasteiger partial charge < -0.3 is 15.1 Å². The minimum atomic E-state index is -0.376. The highest BCUT2D eigenvalue weighted by atomic mass is 16.3. The minimum absolute atomic E-state index is 0.241. The van der Waals surface area contributed by atoms with Gasteiger partial charge in [0.15, 0.2) is 0 Å². The predicted octanol–water partition coefficient (Wildman–Crippen LogP) is 1.34. The molecule has 0 bridgehead atoms. The molecule has 1 saturated heterocycles. The summed E-state index contributed by atoms with van der Waals surface area (Å²) in [7, 11) is 0. The lowest BCUT2D eigenvalue weighted by molar-refractivity contribution is 0.0923. The zero-order valence-corrected chi connectivity index (χ0v) is 13.3. The molecule has 0 amide bonds. The van der Waals surface area contributed by atoms with Gasteiger partial charge in [0, 0.05) is 39.3 Å². The molecule has 2 N–H and O–H groups in total. The van der Waals surface area contributed by atoms with Gasteiger partial charge in [0.05, 0.1) is 12.7 Å². The van der Waals surface area contributed by atoms with Gasteiger partial charge in [-0.05, 0) is 25.8 Å². The van der Waals surface area contributed by atoms with Crippen LogP contribution < -0.4 is 0 Å². The molecular formula is C17H28N2O2. The summed E-state index contributed by atoms with van der Waals surface area (Å²) < 4.78 is 0. The maximum atomic E-state index is 10.4. The Kier molecular flexibility index (Phi) is 6.18. The average molecular weight is 292 g/mol. The largest absolute Gasteiger partial charge is 0.395 e. The second-order valence-electron chi connectivity index (χ2n) is 6.13. The molecule has 0 spiro atoms. The number of aliphatic hydroxyl groups excluding tert-OH is 2. The van der Waals surface area contributed by atoms with Gasteiger partial charge in [0.1, 0.15) is 0 Å². The molecule has 1 atom stereocenters. The number of benzene rings is 1. The van der Waals surface area contributed by atoms with Crippen molar-refractivity contribution in [1.82, 2.24) is 9.80 Å². The van der Waals surface area contributed by atoms with E-state index in [1.807, 2.05) is 0 Å². The van der Waals surface area contributed by atoms with Gasteiger partial charge in [-0.3, -0.25) is 4.90 Å². The van der Waals surface area contributed by atoms with Crippen LogP contribution in [0.2, 0.25) is 0 Å². The molecule has 1 aromatic rings. The summed E-state index contributed by atoms with van der Waals surface area (Å²) in [6.45, 7) is 10.2. The summed E-state index contributed by atoms with van der Waals surface area (Å²) in [4.78, 5) is 4.69. The van der Waals surface area contributed by atoms with Gasteiger partial charge in [-0.25, -0.2) is 0 Å². The molecule has 0 aliphatic carbocycles. The molecule has 0 radical (unpaired) electrons. The number of aryl methyl sites for hydroxylation is 2. The molecule has 1 fully saturated rings. The number of aliphatic hydroxyl groups is 2. The number of piperazine rings is 1. The fourth-order valence-corrected chi connectivity index (χ4v) is 3.05. The first kappa shape index (κ1) is 16.4. The van der Waals surface area contributed by atoms with Crippen LogP contribution in [0.4, 0.5) is 0 Å². The summed E-state index contributed by atoms with van der Waals surface area (Å²) in [6.07, 6.45) is 0.405. The average Bonchev–Trinajstić information content (AvgIpc) is 2.45. The van der Waals surface area contributed by atoms with E-state index in [0.29, 0.717) is 0 Å². The molecule has 0 saturated carbocycles. The number of β-amino-alcohol motifs (C(OH)–C–C–N with tert-alkyl or cyclic N) is 1. The van der Waals surface area contributed by atoms with Gasteiger partial charge in [-0.1, -0.05) is 29.3 Å². The van der Waals surface area contributed by atoms with E-state index >= 15 is 0 Å². The Morgan fingerprint density at radius 1 is 0.952 bits per heavy atom. The van der Waals surface area contributed by atoms with Gasteiger partial charge in [-0.2, -0.15) is 0 Å². The molecule has 4 heteroatoms. The zero-order valence-electron chi connectivity index (χ0n) is 13.3. The van der Waals surface area contributed by atoms with Crippen molar-refractivity contribution in [3.63, 3.8) is 0 Å². The quantitative estimate of drug-likeness (QED) is 0.830. The van der Waals surface area contributed by atoms with Crippen LogP contribution in [0.15, 0.2) is 18.2 Å². The normalized spacial score (nSPS) is 18.9. The lowest BCUT2D eigenvalue weighted by atomic mass is 10.0. The molecule has 1 aliphatic heterocycles. The first-order valence-corrected chi connectivity index (χ1v) is 7.90. The molecule has 118 valence electrons. The van der Waals surface area contributed by atoms with Crippen molar-refractivity contribution < 1.29 is 10.2 Å². The van der Waals surface area contributed by atoms with Crippen LogP contribution in [0, 0.1) is 13.8 Å². The monoisotopic (exact) mass is 292 g/mol. The fraction of sp³-hybridized carbons (Fsp3) is 0.647. The van der Waals surface area contributed by atoms with Crippen molar-refractivity contribution in [2.24, 2.45) is 0 Å². The van der Waals surface area contributed by atoms with Gasteiger partial charge in [0.2, 0.25) is 0 Å². The number of nitrogens with zero attached hydrogens (tertiary/aromatic N) is 2. The van der Waals surface area contributed by atoms with Crippen molar-refractivity contribution in [2.45, 2.75) is 26.4 Å². The zero-order chi connectivity index (χ0) is 15.2. The molecule has 21 heavy (non-hydrogen) atoms. The van der Waals surface area contributed by atoms with E-state index < -0.39 is 0 Å². The third kappa shape index (κ3) is 5.08. The van der Waals surface area contributed by atoms with E-state index in [4.69, 9.17) is 5.11 Å². The SMILES string of the molecule is Cc1cc(C)cc(C(O)CCN2CCN(CCO)CC2)c1. The number of rotatable bonds is 6. The van der Waals surface area contributed by atoms with E-state index in [2.05, 4.69) is 41.8 Å². The van der Waals surface area contributed by atoms with Crippen LogP contribution in [0.25, 0.3) is 0 Å². The standard InChI is InChI=1S/C17H28N2O2/c1-14-11-15(2)13-16(12-14)17(21)3-4-18-5-7-19(8-6-18)9-10-20/h11-13,17,20-21H,3-10H2,1-2H3. The molecule has 1 aliphatic rings. The van der Waals surface area contributed by atoms with Crippen molar-refractivity contribution in [1.29, 1.82) is 0 Å². The van der Waals surface area contributed by atoms with E-state index in [1.165, 1.54) is 11.1 Å². The third-order valence-corrected chi connectivity index (χ3v) is 4.23. The van der Waals surface area contributed by atoms with Gasteiger partial charge in [-0.15, -0.1) is 0 Å². The molecule has 0 aromatic heterocycles. The van der Waals surface area contributed by atoms with Crippen LogP contribution in [-0.4, -0.2) is 65.9 Å². The summed E-state index contributed by atoms with van der Waals surface area (Å²) in [5.74, 6) is 0. The Labute approximate surface area is 128 Å². The second-order valence-corrected chi connectivity index (χ2v) is 6.13. The highest BCUT2D eigenvalue weighted by Gasteiger charge is 2.17. The van der Waals surface area contributed by atoms with E-state index in [-0.39, 0.29) is 12.7 Å². The van der Waals surface area contributed by atoms with Gasteiger partial charge in [0.25, 0.3) is 0 Å². The van der Waals surface area contributed by atoms with Crippen LogP contribution in [0.3, 0.4) is 0 Å². The molecule has 1 aromatic carbocycles. The molecular weight excluding hydrogens is 264 g/mol. The maximum Gasteiger partial charge on any atom is 0.0802 e. The van der Waals surface area contributed by atoms with Crippen molar-refractivity contribution in [3.8, 4) is 0 Å². The molecule has 1 unspecified atom stereocenters. The van der Waals surface area contributed by atoms with E-state index in [9.17, 15) is 5.11 Å². The van der Waals surface area contributed by atoms with Crippen LogP contribution in [0.5, 0.6) is 0 Å². The minimum Gasteiger partial charge on any atom is -0.395 e. The van der Waals surface area contributed by atoms with Crippen molar-refractivity contribution in [3.05, 3.63) is 34.9 Å². The summed E-state index contributed by atoms with van der Waals surface area (Å²) in [5, 5.41) is 19.3. The third-order valence-electron chi connectivity index (χ3n) is 4.23. The lowest BCUT2D eigenvalue weighted by Crippen LogP contribution is -2.47. The first-order chi connectivity index (χ1) is 10.1. The van der Waals surface area contributed by atoms with E-state index in [1.54, 1.807) is 0 Å². The smallest absolute Gasteiger partial charge is 0.0802 e. The molecule has 1 heterocycles. The summed E-state index contributed by atoms with van der Waals surface area (Å²) in [6, 6.07) is 6.30. The molecule has 4 nitrogen and oxygen atoms in total. The fourth-order valence-electron chi connectivity index (χ4n) is 3.05. The first-order valence-electron chi connectivity index (χ1n) is 7.90. The van der Waals surface area contributed by atoms with Crippen LogP contribution in [0.1, 0.15) is 29.2 Å². The van der Waals surface area contributed by atoms with E-state index in [0.717, 1.165) is 51.3 Å². The van der Waals surface area contributed by atoms with Gasteiger partial charge >= 0.3 is 0 Å². The Balaban J connectivity index is 1.78. The Hall–Kier alpha value is -0.940.